The molecule has 0 aliphatic carbocycles. The highest BCUT2D eigenvalue weighted by molar-refractivity contribution is 7.80. The summed E-state index contributed by atoms with van der Waals surface area (Å²) in [4.78, 5) is 7.94. The van der Waals surface area contributed by atoms with Crippen LogP contribution in [0, 0.1) is 0 Å². The first-order valence-electron chi connectivity index (χ1n) is 6.34. The molecule has 3 rings (SSSR count). The Balaban J connectivity index is 2.03. The first-order chi connectivity index (χ1) is 8.84. The highest BCUT2D eigenvalue weighted by atomic mass is 32.1. The molecule has 18 heavy (non-hydrogen) atoms. The van der Waals surface area contributed by atoms with Crippen LogP contribution in [0.4, 0.5) is 5.82 Å². The van der Waals surface area contributed by atoms with Crippen molar-refractivity contribution in [2.24, 2.45) is 0 Å². The lowest BCUT2D eigenvalue weighted by Crippen LogP contribution is -2.19. The van der Waals surface area contributed by atoms with E-state index >= 15 is 0 Å². The zero-order valence-corrected chi connectivity index (χ0v) is 11.1. The molecule has 2 heterocycles. The van der Waals surface area contributed by atoms with E-state index < -0.39 is 0 Å². The summed E-state index contributed by atoms with van der Waals surface area (Å²) < 4.78 is 0. The first kappa shape index (κ1) is 11.6. The first-order valence-corrected chi connectivity index (χ1v) is 6.79. The number of rotatable bonds is 2. The van der Waals surface area contributed by atoms with Crippen LogP contribution in [0.5, 0.6) is 0 Å². The second-order valence-electron chi connectivity index (χ2n) is 4.62. The van der Waals surface area contributed by atoms with Gasteiger partial charge in [0.25, 0.3) is 0 Å². The van der Waals surface area contributed by atoms with Gasteiger partial charge in [-0.1, -0.05) is 12.1 Å². The molecule has 0 N–H and O–H groups in total. The molecular formula is C15H16N2S. The number of hydrogen-bond acceptors (Lipinski definition) is 3. The number of benzene rings is 1. The second-order valence-corrected chi connectivity index (χ2v) is 5.13. The normalized spacial score (nSPS) is 15.1. The van der Waals surface area contributed by atoms with E-state index in [2.05, 4.69) is 40.7 Å². The summed E-state index contributed by atoms with van der Waals surface area (Å²) in [6.07, 6.45) is 4.42. The molecule has 1 aromatic carbocycles. The monoisotopic (exact) mass is 256 g/mol. The average molecular weight is 256 g/mol. The van der Waals surface area contributed by atoms with Gasteiger partial charge in [0.15, 0.2) is 0 Å². The Morgan fingerprint density at radius 3 is 2.44 bits per heavy atom. The lowest BCUT2D eigenvalue weighted by Gasteiger charge is -2.19. The van der Waals surface area contributed by atoms with Gasteiger partial charge >= 0.3 is 0 Å². The number of nitrogens with zero attached hydrogens (tertiary/aromatic N) is 2. The van der Waals surface area contributed by atoms with Gasteiger partial charge in [0.05, 0.1) is 0 Å². The maximum absolute atomic E-state index is 4.57. The van der Waals surface area contributed by atoms with Crippen LogP contribution in [0.3, 0.4) is 0 Å². The maximum Gasteiger partial charge on any atom is 0.136 e. The highest BCUT2D eigenvalue weighted by Crippen LogP contribution is 2.31. The number of aromatic nitrogens is 1. The molecule has 0 bridgehead atoms. The van der Waals surface area contributed by atoms with E-state index in [1.54, 1.807) is 0 Å². The predicted octanol–water partition coefficient (Wildman–Crippen LogP) is 3.64. The van der Waals surface area contributed by atoms with Crippen molar-refractivity contribution < 1.29 is 0 Å². The third-order valence-corrected chi connectivity index (χ3v) is 3.67. The molecule has 2 nitrogen and oxygen atoms in total. The van der Waals surface area contributed by atoms with Crippen molar-refractivity contribution in [3.63, 3.8) is 0 Å². The van der Waals surface area contributed by atoms with Gasteiger partial charge in [0.2, 0.25) is 0 Å². The van der Waals surface area contributed by atoms with Crippen molar-refractivity contribution in [3.8, 4) is 11.1 Å². The van der Waals surface area contributed by atoms with Crippen molar-refractivity contribution in [3.05, 3.63) is 42.6 Å². The van der Waals surface area contributed by atoms with Gasteiger partial charge in [0.1, 0.15) is 5.82 Å². The van der Waals surface area contributed by atoms with Crippen molar-refractivity contribution in [2.75, 3.05) is 18.0 Å². The third-order valence-electron chi connectivity index (χ3n) is 3.37. The molecule has 1 aliphatic rings. The van der Waals surface area contributed by atoms with E-state index in [4.69, 9.17) is 0 Å². The summed E-state index contributed by atoms with van der Waals surface area (Å²) in [5, 5.41) is 0. The van der Waals surface area contributed by atoms with Crippen LogP contribution in [-0.4, -0.2) is 18.1 Å². The minimum absolute atomic E-state index is 0.991. The molecule has 92 valence electrons. The number of thiol groups is 1. The molecule has 0 radical (unpaired) electrons. The quantitative estimate of drug-likeness (QED) is 0.826. The van der Waals surface area contributed by atoms with Crippen molar-refractivity contribution in [1.29, 1.82) is 0 Å². The molecular weight excluding hydrogens is 240 g/mol. The maximum atomic E-state index is 4.57. The Hall–Kier alpha value is -1.48. The second kappa shape index (κ2) is 5.02. The number of pyridine rings is 1. The standard InChI is InChI=1S/C15H16N2S/c18-13-7-5-12(6-8-13)14-4-3-9-16-15(14)17-10-1-2-11-17/h3-9,18H,1-2,10-11H2. The molecule has 1 aliphatic heterocycles. The average Bonchev–Trinajstić information content (AvgIpc) is 2.93. The fourth-order valence-corrected chi connectivity index (χ4v) is 2.59. The van der Waals surface area contributed by atoms with Gasteiger partial charge in [-0.25, -0.2) is 4.98 Å². The van der Waals surface area contributed by atoms with Gasteiger partial charge in [-0.2, -0.15) is 0 Å². The van der Waals surface area contributed by atoms with Gasteiger partial charge in [-0.15, -0.1) is 12.6 Å². The van der Waals surface area contributed by atoms with Crippen molar-refractivity contribution in [1.82, 2.24) is 4.98 Å². The van der Waals surface area contributed by atoms with Gasteiger partial charge in [0, 0.05) is 29.7 Å². The van der Waals surface area contributed by atoms with Crippen LogP contribution in [0.2, 0.25) is 0 Å². The van der Waals surface area contributed by atoms with Crippen molar-refractivity contribution in [2.45, 2.75) is 17.7 Å². The van der Waals surface area contributed by atoms with Gasteiger partial charge in [-0.05, 0) is 42.7 Å². The minimum Gasteiger partial charge on any atom is -0.356 e. The van der Waals surface area contributed by atoms with Crippen LogP contribution in [0.1, 0.15) is 12.8 Å². The number of anilines is 1. The molecule has 1 aromatic heterocycles. The number of hydrogen-bond donors (Lipinski definition) is 1. The predicted molar refractivity (Wildman–Crippen MR) is 78.4 cm³/mol. The zero-order valence-electron chi connectivity index (χ0n) is 10.2. The highest BCUT2D eigenvalue weighted by Gasteiger charge is 2.17. The van der Waals surface area contributed by atoms with Crippen LogP contribution >= 0.6 is 12.6 Å². The van der Waals surface area contributed by atoms with E-state index in [1.165, 1.54) is 24.0 Å². The smallest absolute Gasteiger partial charge is 0.136 e. The Kier molecular flexibility index (Phi) is 3.24. The van der Waals surface area contributed by atoms with Crippen LogP contribution in [-0.2, 0) is 0 Å². The summed E-state index contributed by atoms with van der Waals surface area (Å²) in [6, 6.07) is 12.4. The summed E-state index contributed by atoms with van der Waals surface area (Å²) in [6.45, 7) is 2.24. The lowest BCUT2D eigenvalue weighted by atomic mass is 10.1. The molecule has 1 fully saturated rings. The summed E-state index contributed by atoms with van der Waals surface area (Å²) >= 11 is 4.33. The van der Waals surface area contributed by atoms with Crippen molar-refractivity contribution >= 4 is 18.4 Å². The molecule has 0 spiro atoms. The lowest BCUT2D eigenvalue weighted by molar-refractivity contribution is 0.939. The Morgan fingerprint density at radius 1 is 1.00 bits per heavy atom. The van der Waals surface area contributed by atoms with Crippen LogP contribution in [0.25, 0.3) is 11.1 Å². The molecule has 2 aromatic rings. The van der Waals surface area contributed by atoms with E-state index in [9.17, 15) is 0 Å². The SMILES string of the molecule is Sc1ccc(-c2cccnc2N2CCCC2)cc1. The summed E-state index contributed by atoms with van der Waals surface area (Å²) in [5.74, 6) is 1.11. The van der Waals surface area contributed by atoms with E-state index in [-0.39, 0.29) is 0 Å². The largest absolute Gasteiger partial charge is 0.356 e. The fraction of sp³-hybridized carbons (Fsp3) is 0.267. The van der Waals surface area contributed by atoms with E-state index in [0.29, 0.717) is 0 Å². The zero-order chi connectivity index (χ0) is 12.4. The molecule has 3 heteroatoms. The molecule has 0 atom stereocenters. The summed E-state index contributed by atoms with van der Waals surface area (Å²) in [5.41, 5.74) is 2.43. The summed E-state index contributed by atoms with van der Waals surface area (Å²) in [7, 11) is 0. The molecule has 1 saturated heterocycles. The van der Waals surface area contributed by atoms with E-state index in [1.807, 2.05) is 24.4 Å². The Bertz CT molecular complexity index is 530. The van der Waals surface area contributed by atoms with Gasteiger partial charge in [-0.3, -0.25) is 0 Å². The fourth-order valence-electron chi connectivity index (χ4n) is 2.44. The molecule has 0 saturated carbocycles. The molecule has 0 unspecified atom stereocenters. The Morgan fingerprint density at radius 2 is 1.72 bits per heavy atom. The molecule has 0 amide bonds. The third kappa shape index (κ3) is 2.23. The van der Waals surface area contributed by atoms with Gasteiger partial charge < -0.3 is 4.90 Å². The van der Waals surface area contributed by atoms with Crippen LogP contribution in [0.15, 0.2) is 47.5 Å². The van der Waals surface area contributed by atoms with Crippen LogP contribution < -0.4 is 4.90 Å². The topological polar surface area (TPSA) is 16.1 Å². The van der Waals surface area contributed by atoms with E-state index in [0.717, 1.165) is 23.8 Å². The minimum atomic E-state index is 0.991. The Labute approximate surface area is 113 Å².